The molecule has 3 rings (SSSR count). The molecule has 0 saturated heterocycles. The summed E-state index contributed by atoms with van der Waals surface area (Å²) in [4.78, 5) is 0. The predicted octanol–water partition coefficient (Wildman–Crippen LogP) is 5.65. The fourth-order valence-corrected chi connectivity index (χ4v) is 5.57. The molecule has 0 radical (unpaired) electrons. The van der Waals surface area contributed by atoms with Crippen molar-refractivity contribution in [2.24, 2.45) is 35.5 Å². The van der Waals surface area contributed by atoms with Gasteiger partial charge in [-0.2, -0.15) is 0 Å². The van der Waals surface area contributed by atoms with Gasteiger partial charge in [-0.15, -0.1) is 0 Å². The predicted molar refractivity (Wildman–Crippen MR) is 117 cm³/mol. The van der Waals surface area contributed by atoms with E-state index in [1.807, 2.05) is 0 Å². The van der Waals surface area contributed by atoms with Crippen LogP contribution in [0, 0.1) is 35.5 Å². The maximum absolute atomic E-state index is 6.39. The number of aromatic nitrogens is 2. The summed E-state index contributed by atoms with van der Waals surface area (Å²) < 4.78 is 17.1. The van der Waals surface area contributed by atoms with Gasteiger partial charge < -0.3 is 9.47 Å². The van der Waals surface area contributed by atoms with Gasteiger partial charge in [0, 0.05) is 0 Å². The summed E-state index contributed by atoms with van der Waals surface area (Å²) in [5.41, 5.74) is 0. The highest BCUT2D eigenvalue weighted by Gasteiger charge is 2.33. The summed E-state index contributed by atoms with van der Waals surface area (Å²) in [6.45, 7) is 15.4. The van der Waals surface area contributed by atoms with E-state index in [4.69, 9.17) is 9.47 Å². The Kier molecular flexibility index (Phi) is 8.21. The molecule has 4 heteroatoms. The van der Waals surface area contributed by atoms with Crippen molar-refractivity contribution >= 4 is 0 Å². The summed E-state index contributed by atoms with van der Waals surface area (Å²) >= 11 is 0. The molecule has 0 spiro atoms. The molecule has 0 N–H and O–H groups in total. The van der Waals surface area contributed by atoms with E-state index in [2.05, 4.69) is 69.4 Å². The van der Waals surface area contributed by atoms with Crippen molar-refractivity contribution in [3.63, 3.8) is 0 Å². The summed E-state index contributed by atoms with van der Waals surface area (Å²) in [6, 6.07) is 0. The zero-order valence-corrected chi connectivity index (χ0v) is 19.7. The van der Waals surface area contributed by atoms with E-state index >= 15 is 0 Å². The molecule has 0 amide bonds. The third kappa shape index (κ3) is 6.30. The van der Waals surface area contributed by atoms with Crippen LogP contribution < -0.4 is 4.57 Å². The van der Waals surface area contributed by atoms with Crippen LogP contribution in [0.15, 0.2) is 18.7 Å². The minimum Gasteiger partial charge on any atom is -0.338 e. The molecule has 4 nitrogen and oxygen atoms in total. The average molecular weight is 406 g/mol. The fourth-order valence-electron chi connectivity index (χ4n) is 5.57. The van der Waals surface area contributed by atoms with E-state index in [1.165, 1.54) is 38.5 Å². The third-order valence-electron chi connectivity index (χ3n) is 7.54. The van der Waals surface area contributed by atoms with E-state index in [-0.39, 0.29) is 0 Å². The monoisotopic (exact) mass is 405 g/mol. The Balaban J connectivity index is 1.50. The second kappa shape index (κ2) is 10.4. The van der Waals surface area contributed by atoms with Crippen molar-refractivity contribution in [2.75, 3.05) is 0 Å². The van der Waals surface area contributed by atoms with Crippen LogP contribution in [-0.2, 0) is 22.9 Å². The molecule has 6 atom stereocenters. The lowest BCUT2D eigenvalue weighted by Crippen LogP contribution is -2.40. The zero-order chi connectivity index (χ0) is 21.0. The molecular weight excluding hydrogens is 360 g/mol. The molecule has 0 bridgehead atoms. The Morgan fingerprint density at radius 2 is 1.41 bits per heavy atom. The number of nitrogens with zero attached hydrogens (tertiary/aromatic N) is 2. The number of hydrogen-bond acceptors (Lipinski definition) is 2. The highest BCUT2D eigenvalue weighted by Crippen LogP contribution is 2.36. The van der Waals surface area contributed by atoms with E-state index in [0.717, 1.165) is 11.8 Å². The Morgan fingerprint density at radius 3 is 1.97 bits per heavy atom. The van der Waals surface area contributed by atoms with E-state index in [1.54, 1.807) is 0 Å². The lowest BCUT2D eigenvalue weighted by molar-refractivity contribution is -0.735. The van der Waals surface area contributed by atoms with Crippen molar-refractivity contribution in [3.8, 4) is 0 Å². The first kappa shape index (κ1) is 22.8. The summed E-state index contributed by atoms with van der Waals surface area (Å²) in [5.74, 6) is 4.34. The molecular formula is C25H45N2O2+. The van der Waals surface area contributed by atoms with E-state index < -0.39 is 0 Å². The molecule has 1 aromatic rings. The minimum absolute atomic E-state index is 0.390. The van der Waals surface area contributed by atoms with Crippen LogP contribution in [0.4, 0.5) is 0 Å². The maximum Gasteiger partial charge on any atom is 0.247 e. The highest BCUT2D eigenvalue weighted by molar-refractivity contribution is 4.82. The van der Waals surface area contributed by atoms with Crippen LogP contribution in [0.1, 0.15) is 80.1 Å². The number of imidazole rings is 1. The van der Waals surface area contributed by atoms with E-state index in [0.29, 0.717) is 49.3 Å². The molecule has 1 heterocycles. The van der Waals surface area contributed by atoms with Gasteiger partial charge in [0.1, 0.15) is 12.4 Å². The first-order valence-electron chi connectivity index (χ1n) is 12.1. The van der Waals surface area contributed by atoms with Crippen molar-refractivity contribution in [2.45, 2.75) is 106 Å². The molecule has 0 unspecified atom stereocenters. The molecule has 2 aliphatic carbocycles. The van der Waals surface area contributed by atoms with Crippen LogP contribution in [-0.4, -0.2) is 16.8 Å². The van der Waals surface area contributed by atoms with Crippen LogP contribution in [0.25, 0.3) is 0 Å². The van der Waals surface area contributed by atoms with Crippen LogP contribution in [0.5, 0.6) is 0 Å². The largest absolute Gasteiger partial charge is 0.338 e. The van der Waals surface area contributed by atoms with Crippen LogP contribution in [0.2, 0.25) is 0 Å². The van der Waals surface area contributed by atoms with Gasteiger partial charge in [0.15, 0.2) is 13.5 Å². The van der Waals surface area contributed by atoms with Crippen LogP contribution in [0.3, 0.4) is 0 Å². The standard InChI is InChI=1S/C25H45N2O2/c1-18(2)22-9-7-20(5)13-24(22)28-16-26-11-12-27(15-26)17-29-25-14-21(6)8-10-23(25)19(3)4/h11-12,15,18-25H,7-10,13-14,16-17H2,1-6H3/q+1/t20-,21-,22+,23+,24-,25-/m1/s1. The van der Waals surface area contributed by atoms with E-state index in [9.17, 15) is 0 Å². The van der Waals surface area contributed by atoms with Crippen molar-refractivity contribution in [3.05, 3.63) is 18.7 Å². The average Bonchev–Trinajstić information content (AvgIpc) is 3.12. The summed E-state index contributed by atoms with van der Waals surface area (Å²) in [6.07, 6.45) is 14.8. The molecule has 1 aromatic heterocycles. The maximum atomic E-state index is 6.39. The fraction of sp³-hybridized carbons (Fsp3) is 0.880. The normalized spacial score (nSPS) is 33.5. The number of hydrogen-bond donors (Lipinski definition) is 0. The lowest BCUT2D eigenvalue weighted by Gasteiger charge is -2.36. The summed E-state index contributed by atoms with van der Waals surface area (Å²) in [5, 5.41) is 0. The quantitative estimate of drug-likeness (QED) is 0.523. The van der Waals surface area contributed by atoms with Gasteiger partial charge in [0.05, 0.1) is 12.2 Å². The molecule has 2 aliphatic rings. The second-order valence-electron chi connectivity index (χ2n) is 10.8. The second-order valence-corrected chi connectivity index (χ2v) is 10.8. The molecule has 0 aromatic carbocycles. The number of ether oxygens (including phenoxy) is 2. The SMILES string of the molecule is CC(C)[C@@H]1CC[C@@H](C)C[C@H]1OCn1cc[n+](CO[C@@H]2C[C@H](C)CC[C@H]2C(C)C)c1. The van der Waals surface area contributed by atoms with Gasteiger partial charge in [0.2, 0.25) is 6.33 Å². The first-order chi connectivity index (χ1) is 13.8. The van der Waals surface area contributed by atoms with Gasteiger partial charge >= 0.3 is 0 Å². The highest BCUT2D eigenvalue weighted by atomic mass is 16.5. The Hall–Kier alpha value is -0.870. The topological polar surface area (TPSA) is 27.3 Å². The summed E-state index contributed by atoms with van der Waals surface area (Å²) in [7, 11) is 0. The Labute approximate surface area is 179 Å². The van der Waals surface area contributed by atoms with Gasteiger partial charge in [-0.3, -0.25) is 0 Å². The molecule has 0 aliphatic heterocycles. The smallest absolute Gasteiger partial charge is 0.247 e. The minimum atomic E-state index is 0.390. The van der Waals surface area contributed by atoms with Gasteiger partial charge in [-0.25, -0.2) is 9.13 Å². The Morgan fingerprint density at radius 1 is 0.862 bits per heavy atom. The van der Waals surface area contributed by atoms with Crippen LogP contribution >= 0.6 is 0 Å². The molecule has 2 saturated carbocycles. The zero-order valence-electron chi connectivity index (χ0n) is 19.7. The van der Waals surface area contributed by atoms with Crippen molar-refractivity contribution in [1.82, 2.24) is 4.57 Å². The molecule has 2 fully saturated rings. The molecule has 29 heavy (non-hydrogen) atoms. The third-order valence-corrected chi connectivity index (χ3v) is 7.54. The van der Waals surface area contributed by atoms with Gasteiger partial charge in [-0.1, -0.05) is 54.4 Å². The van der Waals surface area contributed by atoms with Crippen molar-refractivity contribution < 1.29 is 14.0 Å². The molecule has 166 valence electrons. The Bertz CT molecular complexity index is 561. The number of rotatable bonds is 8. The van der Waals surface area contributed by atoms with Gasteiger partial charge in [0.25, 0.3) is 0 Å². The van der Waals surface area contributed by atoms with Crippen molar-refractivity contribution in [1.29, 1.82) is 0 Å². The first-order valence-corrected chi connectivity index (χ1v) is 12.1. The lowest BCUT2D eigenvalue weighted by atomic mass is 9.75. The van der Waals surface area contributed by atoms with Gasteiger partial charge in [-0.05, 0) is 61.2 Å².